The summed E-state index contributed by atoms with van der Waals surface area (Å²) in [7, 11) is 0. The number of aryl methyl sites for hydroxylation is 2. The first-order chi connectivity index (χ1) is 16.4. The van der Waals surface area contributed by atoms with Crippen LogP contribution in [0.4, 0.5) is 5.69 Å². The van der Waals surface area contributed by atoms with Crippen LogP contribution in [0.2, 0.25) is 0 Å². The SMILES string of the molecule is CCn1c2ccccc2c2cc(NC(=O)C/C(C)=N/NC(=O)COc3cccc(C)c3)ccc21. The summed E-state index contributed by atoms with van der Waals surface area (Å²) in [5.41, 5.74) is 7.00. The van der Waals surface area contributed by atoms with Gasteiger partial charge in [0.05, 0.1) is 6.42 Å². The van der Waals surface area contributed by atoms with Crippen LogP contribution in [0.15, 0.2) is 71.8 Å². The number of fused-ring (bicyclic) bond motifs is 3. The van der Waals surface area contributed by atoms with Gasteiger partial charge in [-0.2, -0.15) is 5.10 Å². The molecule has 0 aliphatic carbocycles. The van der Waals surface area contributed by atoms with E-state index in [9.17, 15) is 9.59 Å². The number of nitrogens with one attached hydrogen (secondary N) is 2. The van der Waals surface area contributed by atoms with Crippen molar-refractivity contribution in [3.63, 3.8) is 0 Å². The fourth-order valence-corrected chi connectivity index (χ4v) is 3.99. The smallest absolute Gasteiger partial charge is 0.277 e. The third-order valence-electron chi connectivity index (χ3n) is 5.52. The Bertz CT molecular complexity index is 1390. The molecule has 0 radical (unpaired) electrons. The largest absolute Gasteiger partial charge is 0.484 e. The number of para-hydroxylation sites is 1. The van der Waals surface area contributed by atoms with Crippen LogP contribution in [0, 0.1) is 6.92 Å². The highest BCUT2D eigenvalue weighted by molar-refractivity contribution is 6.11. The standard InChI is InChI=1S/C27H28N4O3/c1-4-31-24-11-6-5-10-22(24)23-16-20(12-13-25(23)31)28-26(32)15-19(3)29-30-27(33)17-34-21-9-7-8-18(2)14-21/h5-14,16H,4,15,17H2,1-3H3,(H,28,32)(H,30,33)/b29-19+. The molecule has 34 heavy (non-hydrogen) atoms. The van der Waals surface area contributed by atoms with Crippen LogP contribution in [0.25, 0.3) is 21.8 Å². The summed E-state index contributed by atoms with van der Waals surface area (Å²) in [5, 5.41) is 9.20. The van der Waals surface area contributed by atoms with Gasteiger partial charge in [0.15, 0.2) is 6.61 Å². The molecule has 0 aliphatic rings. The van der Waals surface area contributed by atoms with Gasteiger partial charge in [-0.25, -0.2) is 5.43 Å². The second-order valence-corrected chi connectivity index (χ2v) is 8.21. The van der Waals surface area contributed by atoms with Crippen LogP contribution >= 0.6 is 0 Å². The van der Waals surface area contributed by atoms with Crippen molar-refractivity contribution in [2.45, 2.75) is 33.7 Å². The zero-order valence-electron chi connectivity index (χ0n) is 19.6. The quantitative estimate of drug-likeness (QED) is 0.288. The monoisotopic (exact) mass is 456 g/mol. The van der Waals surface area contributed by atoms with E-state index in [-0.39, 0.29) is 24.8 Å². The van der Waals surface area contributed by atoms with Crippen molar-refractivity contribution in [1.29, 1.82) is 0 Å². The highest BCUT2D eigenvalue weighted by Crippen LogP contribution is 2.31. The molecule has 4 rings (SSSR count). The van der Waals surface area contributed by atoms with E-state index < -0.39 is 0 Å². The summed E-state index contributed by atoms with van der Waals surface area (Å²) < 4.78 is 7.72. The van der Waals surface area contributed by atoms with Gasteiger partial charge in [-0.05, 0) is 62.7 Å². The normalized spacial score (nSPS) is 11.6. The average Bonchev–Trinajstić information content (AvgIpc) is 3.14. The molecule has 2 amide bonds. The highest BCUT2D eigenvalue weighted by Gasteiger charge is 2.11. The molecule has 0 unspecified atom stereocenters. The molecule has 174 valence electrons. The molecule has 3 aromatic carbocycles. The van der Waals surface area contributed by atoms with Gasteiger partial charge in [0.25, 0.3) is 5.91 Å². The number of hydrogen-bond donors (Lipinski definition) is 2. The van der Waals surface area contributed by atoms with Gasteiger partial charge in [0, 0.05) is 39.7 Å². The lowest BCUT2D eigenvalue weighted by Crippen LogP contribution is -2.26. The van der Waals surface area contributed by atoms with Crippen LogP contribution in [0.1, 0.15) is 25.8 Å². The Hall–Kier alpha value is -4.13. The van der Waals surface area contributed by atoms with Gasteiger partial charge in [-0.15, -0.1) is 0 Å². The van der Waals surface area contributed by atoms with E-state index in [1.54, 1.807) is 13.0 Å². The number of hydrogen-bond acceptors (Lipinski definition) is 4. The van der Waals surface area contributed by atoms with Crippen molar-refractivity contribution in [1.82, 2.24) is 9.99 Å². The fraction of sp³-hybridized carbons (Fsp3) is 0.222. The van der Waals surface area contributed by atoms with E-state index in [4.69, 9.17) is 4.74 Å². The number of nitrogens with zero attached hydrogens (tertiary/aromatic N) is 2. The van der Waals surface area contributed by atoms with Crippen LogP contribution < -0.4 is 15.5 Å². The minimum atomic E-state index is -0.390. The fourth-order valence-electron chi connectivity index (χ4n) is 3.99. The molecule has 4 aromatic rings. The number of rotatable bonds is 8. The highest BCUT2D eigenvalue weighted by atomic mass is 16.5. The van der Waals surface area contributed by atoms with Crippen molar-refractivity contribution < 1.29 is 14.3 Å². The molecule has 0 saturated heterocycles. The summed E-state index contributed by atoms with van der Waals surface area (Å²) in [6.07, 6.45) is 0.0633. The number of amides is 2. The van der Waals surface area contributed by atoms with Gasteiger partial charge in [-0.3, -0.25) is 9.59 Å². The Kier molecular flexibility index (Phi) is 6.92. The van der Waals surface area contributed by atoms with Crippen LogP contribution in [-0.2, 0) is 16.1 Å². The molecule has 7 heteroatoms. The third kappa shape index (κ3) is 5.26. The Labute approximate surface area is 198 Å². The molecule has 0 spiro atoms. The average molecular weight is 457 g/mol. The molecule has 1 aromatic heterocycles. The van der Waals surface area contributed by atoms with Crippen molar-refractivity contribution in [3.05, 3.63) is 72.3 Å². The summed E-state index contributed by atoms with van der Waals surface area (Å²) >= 11 is 0. The molecule has 7 nitrogen and oxygen atoms in total. The lowest BCUT2D eigenvalue weighted by atomic mass is 10.1. The Morgan fingerprint density at radius 2 is 1.74 bits per heavy atom. The van der Waals surface area contributed by atoms with Crippen LogP contribution in [-0.4, -0.2) is 28.7 Å². The molecular weight excluding hydrogens is 428 g/mol. The predicted molar refractivity (Wildman–Crippen MR) is 136 cm³/mol. The zero-order chi connectivity index (χ0) is 24.1. The minimum absolute atomic E-state index is 0.0633. The second-order valence-electron chi connectivity index (χ2n) is 8.21. The van der Waals surface area contributed by atoms with E-state index in [0.29, 0.717) is 11.5 Å². The van der Waals surface area contributed by atoms with Crippen molar-refractivity contribution in [3.8, 4) is 5.75 Å². The first kappa shape index (κ1) is 23.0. The number of carbonyl (C=O) groups is 2. The van der Waals surface area contributed by atoms with Gasteiger partial charge in [0.1, 0.15) is 5.75 Å². The summed E-state index contributed by atoms with van der Waals surface area (Å²) in [5.74, 6) is 0.0263. The van der Waals surface area contributed by atoms with Crippen LogP contribution in [0.3, 0.4) is 0 Å². The van der Waals surface area contributed by atoms with Crippen molar-refractivity contribution in [2.75, 3.05) is 11.9 Å². The molecule has 0 bridgehead atoms. The van der Waals surface area contributed by atoms with E-state index >= 15 is 0 Å². The van der Waals surface area contributed by atoms with Gasteiger partial charge in [-0.1, -0.05) is 30.3 Å². The first-order valence-electron chi connectivity index (χ1n) is 11.3. The molecule has 0 aliphatic heterocycles. The molecule has 0 fully saturated rings. The maximum Gasteiger partial charge on any atom is 0.277 e. The summed E-state index contributed by atoms with van der Waals surface area (Å²) in [4.78, 5) is 24.5. The first-order valence-corrected chi connectivity index (χ1v) is 11.3. The maximum atomic E-state index is 12.5. The summed E-state index contributed by atoms with van der Waals surface area (Å²) in [6, 6.07) is 21.6. The van der Waals surface area contributed by atoms with E-state index in [1.807, 2.05) is 55.5 Å². The Morgan fingerprint density at radius 1 is 0.941 bits per heavy atom. The van der Waals surface area contributed by atoms with Gasteiger partial charge in [0.2, 0.25) is 5.91 Å². The maximum absolute atomic E-state index is 12.5. The van der Waals surface area contributed by atoms with Crippen molar-refractivity contribution in [2.24, 2.45) is 5.10 Å². The Balaban J connectivity index is 1.35. The van der Waals surface area contributed by atoms with Gasteiger partial charge < -0.3 is 14.6 Å². The van der Waals surface area contributed by atoms with E-state index in [1.165, 1.54) is 5.52 Å². The number of anilines is 1. The Morgan fingerprint density at radius 3 is 2.53 bits per heavy atom. The number of benzene rings is 3. The molecule has 0 saturated carbocycles. The van der Waals surface area contributed by atoms with Crippen LogP contribution in [0.5, 0.6) is 5.75 Å². The lowest BCUT2D eigenvalue weighted by molar-refractivity contribution is -0.123. The molecule has 2 N–H and O–H groups in total. The molecule has 1 heterocycles. The van der Waals surface area contributed by atoms with E-state index in [2.05, 4.69) is 39.5 Å². The number of carbonyl (C=O) groups excluding carboxylic acids is 2. The zero-order valence-corrected chi connectivity index (χ0v) is 19.6. The second kappa shape index (κ2) is 10.2. The predicted octanol–water partition coefficient (Wildman–Crippen LogP) is 5.02. The summed E-state index contributed by atoms with van der Waals surface area (Å²) in [6.45, 7) is 6.48. The lowest BCUT2D eigenvalue weighted by Gasteiger charge is -2.08. The number of hydrazone groups is 1. The topological polar surface area (TPSA) is 84.7 Å². The molecule has 0 atom stereocenters. The number of aromatic nitrogens is 1. The third-order valence-corrected chi connectivity index (χ3v) is 5.52. The van der Waals surface area contributed by atoms with Gasteiger partial charge >= 0.3 is 0 Å². The minimum Gasteiger partial charge on any atom is -0.484 e. The van der Waals surface area contributed by atoms with E-state index in [0.717, 1.165) is 34.1 Å². The number of ether oxygens (including phenoxy) is 1. The van der Waals surface area contributed by atoms with Crippen molar-refractivity contribution >= 4 is 45.0 Å². The molecular formula is C27H28N4O3.